The second-order valence-corrected chi connectivity index (χ2v) is 3.18. The second kappa shape index (κ2) is 6.54. The number of ether oxygens (including phenoxy) is 1. The fourth-order valence-electron chi connectivity index (χ4n) is 1.28. The van der Waals surface area contributed by atoms with Crippen molar-refractivity contribution in [3.8, 4) is 0 Å². The van der Waals surface area contributed by atoms with Crippen LogP contribution in [0.15, 0.2) is 0 Å². The van der Waals surface area contributed by atoms with Gasteiger partial charge in [0.2, 0.25) is 0 Å². The molecule has 0 fully saturated rings. The molecule has 0 aromatic carbocycles. The van der Waals surface area contributed by atoms with E-state index in [1.807, 2.05) is 0 Å². The Balaban J connectivity index is 4.50. The largest absolute Gasteiger partial charge is 0.465 e. The Kier molecular flexibility index (Phi) is 6.12. The number of esters is 1. The molecular formula is C10H18O4. The molecule has 82 valence electrons. The smallest absolute Gasteiger partial charge is 0.319 e. The molecule has 14 heavy (non-hydrogen) atoms. The van der Waals surface area contributed by atoms with Crippen molar-refractivity contribution in [1.82, 2.24) is 0 Å². The molecule has 0 aliphatic rings. The van der Waals surface area contributed by atoms with Crippen LogP contribution in [0.1, 0.15) is 33.1 Å². The molecule has 0 radical (unpaired) electrons. The zero-order chi connectivity index (χ0) is 11.0. The summed E-state index contributed by atoms with van der Waals surface area (Å²) in [6.07, 6.45) is 1.84. The lowest BCUT2D eigenvalue weighted by atomic mass is 9.82. The van der Waals surface area contributed by atoms with Gasteiger partial charge in [-0.25, -0.2) is 0 Å². The van der Waals surface area contributed by atoms with Gasteiger partial charge in [0, 0.05) is 6.61 Å². The summed E-state index contributed by atoms with van der Waals surface area (Å²) >= 11 is 0. The molecule has 1 N–H and O–H groups in total. The summed E-state index contributed by atoms with van der Waals surface area (Å²) in [7, 11) is 0. The van der Waals surface area contributed by atoms with E-state index in [2.05, 4.69) is 0 Å². The van der Waals surface area contributed by atoms with E-state index in [4.69, 9.17) is 9.84 Å². The number of aldehydes is 1. The molecule has 0 aliphatic carbocycles. The van der Waals surface area contributed by atoms with Crippen molar-refractivity contribution < 1.29 is 19.4 Å². The predicted octanol–water partition coefficient (Wildman–Crippen LogP) is 0.917. The number of aliphatic hydroxyl groups excluding tert-OH is 1. The van der Waals surface area contributed by atoms with E-state index in [0.717, 1.165) is 0 Å². The monoisotopic (exact) mass is 202 g/mol. The molecule has 0 amide bonds. The van der Waals surface area contributed by atoms with E-state index < -0.39 is 11.4 Å². The second-order valence-electron chi connectivity index (χ2n) is 3.18. The van der Waals surface area contributed by atoms with Crippen molar-refractivity contribution in [2.45, 2.75) is 33.1 Å². The maximum absolute atomic E-state index is 11.5. The summed E-state index contributed by atoms with van der Waals surface area (Å²) in [4.78, 5) is 22.4. The van der Waals surface area contributed by atoms with Gasteiger partial charge in [0.05, 0.1) is 6.61 Å². The zero-order valence-corrected chi connectivity index (χ0v) is 8.78. The third kappa shape index (κ3) is 3.10. The van der Waals surface area contributed by atoms with E-state index in [0.29, 0.717) is 25.5 Å². The van der Waals surface area contributed by atoms with Crippen molar-refractivity contribution in [3.63, 3.8) is 0 Å². The topological polar surface area (TPSA) is 63.6 Å². The molecule has 0 rings (SSSR count). The Morgan fingerprint density at radius 1 is 1.50 bits per heavy atom. The van der Waals surface area contributed by atoms with E-state index in [-0.39, 0.29) is 13.2 Å². The van der Waals surface area contributed by atoms with Crippen molar-refractivity contribution in [2.75, 3.05) is 13.2 Å². The minimum atomic E-state index is -1.06. The van der Waals surface area contributed by atoms with Crippen LogP contribution in [0.5, 0.6) is 0 Å². The highest BCUT2D eigenvalue weighted by atomic mass is 16.5. The van der Waals surface area contributed by atoms with E-state index in [1.54, 1.807) is 13.8 Å². The van der Waals surface area contributed by atoms with E-state index >= 15 is 0 Å². The summed E-state index contributed by atoms with van der Waals surface area (Å²) in [5, 5.41) is 8.66. The lowest BCUT2D eigenvalue weighted by Gasteiger charge is -2.23. The fraction of sp³-hybridized carbons (Fsp3) is 0.800. The highest BCUT2D eigenvalue weighted by Gasteiger charge is 2.37. The SMILES string of the molecule is CCOC(=O)C(C=O)(CC)CCCO. The van der Waals surface area contributed by atoms with Crippen LogP contribution < -0.4 is 0 Å². The molecule has 0 saturated heterocycles. The van der Waals surface area contributed by atoms with Crippen LogP contribution in [0.3, 0.4) is 0 Å². The van der Waals surface area contributed by atoms with Crippen molar-refractivity contribution >= 4 is 12.3 Å². The van der Waals surface area contributed by atoms with Gasteiger partial charge in [-0.05, 0) is 26.2 Å². The van der Waals surface area contributed by atoms with Crippen LogP contribution in [-0.4, -0.2) is 30.6 Å². The highest BCUT2D eigenvalue weighted by molar-refractivity contribution is 5.93. The Morgan fingerprint density at radius 2 is 2.14 bits per heavy atom. The van der Waals surface area contributed by atoms with Gasteiger partial charge in [0.25, 0.3) is 0 Å². The maximum atomic E-state index is 11.5. The first kappa shape index (κ1) is 13.1. The third-order valence-corrected chi connectivity index (χ3v) is 2.32. The molecule has 0 aliphatic heterocycles. The van der Waals surface area contributed by atoms with Gasteiger partial charge in [-0.1, -0.05) is 6.92 Å². The maximum Gasteiger partial charge on any atom is 0.319 e. The quantitative estimate of drug-likeness (QED) is 0.379. The molecule has 0 heterocycles. The van der Waals surface area contributed by atoms with Gasteiger partial charge >= 0.3 is 5.97 Å². The number of hydrogen-bond donors (Lipinski definition) is 1. The van der Waals surface area contributed by atoms with Crippen molar-refractivity contribution in [1.29, 1.82) is 0 Å². The molecule has 4 nitrogen and oxygen atoms in total. The average molecular weight is 202 g/mol. The molecular weight excluding hydrogens is 184 g/mol. The molecule has 1 atom stereocenters. The third-order valence-electron chi connectivity index (χ3n) is 2.32. The molecule has 0 aromatic rings. The number of rotatable bonds is 7. The van der Waals surface area contributed by atoms with Gasteiger partial charge in [-0.3, -0.25) is 4.79 Å². The average Bonchev–Trinajstić information content (AvgIpc) is 2.21. The minimum Gasteiger partial charge on any atom is -0.465 e. The number of aliphatic hydroxyl groups is 1. The summed E-state index contributed by atoms with van der Waals surface area (Å²) in [5.41, 5.74) is -1.06. The highest BCUT2D eigenvalue weighted by Crippen LogP contribution is 2.27. The summed E-state index contributed by atoms with van der Waals surface area (Å²) in [5.74, 6) is -0.481. The number of hydrogen-bond acceptors (Lipinski definition) is 4. The van der Waals surface area contributed by atoms with Gasteiger partial charge in [-0.2, -0.15) is 0 Å². The van der Waals surface area contributed by atoms with Crippen molar-refractivity contribution in [2.24, 2.45) is 5.41 Å². The van der Waals surface area contributed by atoms with E-state index in [9.17, 15) is 9.59 Å². The Morgan fingerprint density at radius 3 is 2.50 bits per heavy atom. The summed E-state index contributed by atoms with van der Waals surface area (Å²) < 4.78 is 4.83. The summed E-state index contributed by atoms with van der Waals surface area (Å²) in [6.45, 7) is 3.72. The molecule has 0 aromatic heterocycles. The van der Waals surface area contributed by atoms with Crippen molar-refractivity contribution in [3.05, 3.63) is 0 Å². The minimum absolute atomic E-state index is 0.0189. The lowest BCUT2D eigenvalue weighted by Crippen LogP contribution is -2.34. The van der Waals surface area contributed by atoms with Gasteiger partial charge in [0.1, 0.15) is 11.7 Å². The van der Waals surface area contributed by atoms with Crippen LogP contribution in [-0.2, 0) is 14.3 Å². The Hall–Kier alpha value is -0.900. The fourth-order valence-corrected chi connectivity index (χ4v) is 1.28. The van der Waals surface area contributed by atoms with Crippen LogP contribution >= 0.6 is 0 Å². The predicted molar refractivity (Wildman–Crippen MR) is 51.7 cm³/mol. The molecule has 0 spiro atoms. The summed E-state index contributed by atoms with van der Waals surface area (Å²) in [6, 6.07) is 0. The first-order chi connectivity index (χ1) is 6.66. The zero-order valence-electron chi connectivity index (χ0n) is 8.78. The number of carbonyl (C=O) groups is 2. The molecule has 0 bridgehead atoms. The first-order valence-electron chi connectivity index (χ1n) is 4.91. The standard InChI is InChI=1S/C10H18O4/c1-3-10(8-12,6-5-7-11)9(13)14-4-2/h8,11H,3-7H2,1-2H3. The molecule has 4 heteroatoms. The normalized spacial score (nSPS) is 14.5. The van der Waals surface area contributed by atoms with Crippen LogP contribution in [0.4, 0.5) is 0 Å². The number of carbonyl (C=O) groups excluding carboxylic acids is 2. The van der Waals surface area contributed by atoms with Gasteiger partial charge in [0.15, 0.2) is 0 Å². The van der Waals surface area contributed by atoms with Crippen LogP contribution in [0.25, 0.3) is 0 Å². The molecule has 0 saturated carbocycles. The van der Waals surface area contributed by atoms with Gasteiger partial charge in [-0.15, -0.1) is 0 Å². The first-order valence-corrected chi connectivity index (χ1v) is 4.91. The lowest BCUT2D eigenvalue weighted by molar-refractivity contribution is -0.157. The van der Waals surface area contributed by atoms with Crippen LogP contribution in [0, 0.1) is 5.41 Å². The van der Waals surface area contributed by atoms with E-state index in [1.165, 1.54) is 0 Å². The Labute approximate surface area is 84.3 Å². The Bertz CT molecular complexity index is 191. The molecule has 1 unspecified atom stereocenters. The van der Waals surface area contributed by atoms with Gasteiger partial charge < -0.3 is 14.6 Å². The van der Waals surface area contributed by atoms with Crippen LogP contribution in [0.2, 0.25) is 0 Å².